The van der Waals surface area contributed by atoms with E-state index in [0.29, 0.717) is 35.3 Å². The number of methoxy groups -OCH3 is 1. The number of hydrogen-bond donors (Lipinski definition) is 1. The maximum absolute atomic E-state index is 13.4. The highest BCUT2D eigenvalue weighted by atomic mass is 16.5. The fourth-order valence-electron chi connectivity index (χ4n) is 4.29. The Labute approximate surface area is 190 Å². The number of aliphatic hydroxyl groups is 1. The maximum Gasteiger partial charge on any atom is 0.264 e. The van der Waals surface area contributed by atoms with Crippen molar-refractivity contribution in [2.45, 2.75) is 59.6 Å². The van der Waals surface area contributed by atoms with Crippen molar-refractivity contribution < 1.29 is 24.2 Å². The molecule has 1 unspecified atom stereocenters. The van der Waals surface area contributed by atoms with Crippen LogP contribution in [-0.2, 0) is 21.7 Å². The molecule has 172 valence electrons. The van der Waals surface area contributed by atoms with Gasteiger partial charge in [-0.1, -0.05) is 32.0 Å². The highest BCUT2D eigenvalue weighted by Gasteiger charge is 2.51. The number of amides is 1. The molecule has 6 heteroatoms. The largest absolute Gasteiger partial charge is 0.493 e. The number of ether oxygens (including phenoxy) is 2. The molecule has 1 heterocycles. The number of anilines is 1. The molecule has 1 amide bonds. The molecule has 0 bridgehead atoms. The highest BCUT2D eigenvalue weighted by molar-refractivity contribution is 6.09. The van der Waals surface area contributed by atoms with Gasteiger partial charge in [0, 0.05) is 12.0 Å². The third-order valence-corrected chi connectivity index (χ3v) is 5.90. The summed E-state index contributed by atoms with van der Waals surface area (Å²) in [7, 11) is 1.59. The Morgan fingerprint density at radius 2 is 1.81 bits per heavy atom. The fraction of sp³-hybridized carbons (Fsp3) is 0.462. The zero-order valence-electron chi connectivity index (χ0n) is 19.8. The van der Waals surface area contributed by atoms with E-state index in [1.165, 1.54) is 6.92 Å². The van der Waals surface area contributed by atoms with Gasteiger partial charge in [0.25, 0.3) is 5.91 Å². The minimum absolute atomic E-state index is 0.237. The molecule has 0 radical (unpaired) electrons. The van der Waals surface area contributed by atoms with E-state index in [9.17, 15) is 14.7 Å². The predicted octanol–water partition coefficient (Wildman–Crippen LogP) is 4.45. The average molecular weight is 440 g/mol. The summed E-state index contributed by atoms with van der Waals surface area (Å²) in [6.45, 7) is 10.3. The first-order valence-corrected chi connectivity index (χ1v) is 11.0. The Bertz CT molecular complexity index is 1030. The summed E-state index contributed by atoms with van der Waals surface area (Å²) in [5.41, 5.74) is 1.86. The topological polar surface area (TPSA) is 76.1 Å². The van der Waals surface area contributed by atoms with E-state index in [2.05, 4.69) is 13.8 Å². The van der Waals surface area contributed by atoms with E-state index in [1.54, 1.807) is 12.0 Å². The average Bonchev–Trinajstić information content (AvgIpc) is 2.93. The summed E-state index contributed by atoms with van der Waals surface area (Å²) >= 11 is 0. The smallest absolute Gasteiger partial charge is 0.264 e. The number of Topliss-reactive ketones (excluding diaryl/α,β-unsaturated/α-hetero) is 1. The molecule has 2 aromatic rings. The molecular formula is C26H33NO5. The number of rotatable bonds is 9. The maximum atomic E-state index is 13.4. The van der Waals surface area contributed by atoms with Gasteiger partial charge >= 0.3 is 0 Å². The second-order valence-corrected chi connectivity index (χ2v) is 9.07. The van der Waals surface area contributed by atoms with Crippen molar-refractivity contribution in [1.82, 2.24) is 0 Å². The molecule has 0 saturated carbocycles. The molecule has 2 aromatic carbocycles. The van der Waals surface area contributed by atoms with Crippen molar-refractivity contribution in [1.29, 1.82) is 0 Å². The Morgan fingerprint density at radius 3 is 2.44 bits per heavy atom. The molecule has 1 N–H and O–H groups in total. The molecule has 0 aliphatic carbocycles. The lowest BCUT2D eigenvalue weighted by molar-refractivity contribution is -0.141. The quantitative estimate of drug-likeness (QED) is 0.625. The van der Waals surface area contributed by atoms with Crippen LogP contribution in [0.3, 0.4) is 0 Å². The molecule has 32 heavy (non-hydrogen) atoms. The predicted molar refractivity (Wildman–Crippen MR) is 124 cm³/mol. The number of carbonyl (C=O) groups is 2. The summed E-state index contributed by atoms with van der Waals surface area (Å²) in [4.78, 5) is 26.9. The van der Waals surface area contributed by atoms with Gasteiger partial charge in [-0.05, 0) is 61.9 Å². The van der Waals surface area contributed by atoms with Gasteiger partial charge in [0.1, 0.15) is 5.78 Å². The minimum atomic E-state index is -1.85. The molecule has 3 rings (SSSR count). The molecule has 0 saturated heterocycles. The van der Waals surface area contributed by atoms with Crippen LogP contribution in [0.15, 0.2) is 30.3 Å². The van der Waals surface area contributed by atoms with Crippen molar-refractivity contribution in [3.8, 4) is 11.5 Å². The van der Waals surface area contributed by atoms with Crippen molar-refractivity contribution >= 4 is 17.4 Å². The van der Waals surface area contributed by atoms with Gasteiger partial charge in [-0.2, -0.15) is 0 Å². The molecule has 6 nitrogen and oxygen atoms in total. The van der Waals surface area contributed by atoms with E-state index in [0.717, 1.165) is 23.1 Å². The van der Waals surface area contributed by atoms with E-state index < -0.39 is 11.5 Å². The van der Waals surface area contributed by atoms with E-state index in [1.807, 2.05) is 44.2 Å². The van der Waals surface area contributed by atoms with Crippen molar-refractivity contribution in [3.05, 3.63) is 52.6 Å². The second-order valence-electron chi connectivity index (χ2n) is 9.07. The third-order valence-electron chi connectivity index (χ3n) is 5.90. The number of nitrogens with zero attached hydrogens (tertiary/aromatic N) is 1. The Morgan fingerprint density at radius 1 is 1.12 bits per heavy atom. The molecule has 0 fully saturated rings. The molecule has 1 aliphatic rings. The van der Waals surface area contributed by atoms with Crippen LogP contribution < -0.4 is 14.4 Å². The zero-order chi connectivity index (χ0) is 23.6. The van der Waals surface area contributed by atoms with Crippen LogP contribution in [0, 0.1) is 19.8 Å². The van der Waals surface area contributed by atoms with Gasteiger partial charge in [0.05, 0.1) is 25.9 Å². The van der Waals surface area contributed by atoms with Crippen LogP contribution in [0.5, 0.6) is 11.5 Å². The monoisotopic (exact) mass is 439 g/mol. The van der Waals surface area contributed by atoms with Gasteiger partial charge in [0.15, 0.2) is 17.1 Å². The van der Waals surface area contributed by atoms with Crippen molar-refractivity contribution in [2.75, 3.05) is 18.6 Å². The normalized spacial score (nSPS) is 17.6. The molecule has 0 spiro atoms. The van der Waals surface area contributed by atoms with Crippen LogP contribution in [0.25, 0.3) is 0 Å². The number of carbonyl (C=O) groups excluding carboxylic acids is 2. The van der Waals surface area contributed by atoms with Crippen molar-refractivity contribution in [2.24, 2.45) is 5.92 Å². The number of hydrogen-bond acceptors (Lipinski definition) is 5. The SMILES string of the molecule is COc1cc(CN2C(=O)C(O)(CC(C)=O)c3c(C)ccc(C)c32)ccc1OCCC(C)C. The summed E-state index contributed by atoms with van der Waals surface area (Å²) in [6, 6.07) is 9.40. The van der Waals surface area contributed by atoms with Crippen LogP contribution >= 0.6 is 0 Å². The highest BCUT2D eigenvalue weighted by Crippen LogP contribution is 2.47. The summed E-state index contributed by atoms with van der Waals surface area (Å²) < 4.78 is 11.4. The van der Waals surface area contributed by atoms with Crippen LogP contribution in [-0.4, -0.2) is 30.5 Å². The number of aryl methyl sites for hydroxylation is 2. The Hall–Kier alpha value is -2.86. The fourth-order valence-corrected chi connectivity index (χ4v) is 4.29. The van der Waals surface area contributed by atoms with Gasteiger partial charge in [0.2, 0.25) is 0 Å². The Balaban J connectivity index is 1.95. The lowest BCUT2D eigenvalue weighted by atomic mass is 9.86. The van der Waals surface area contributed by atoms with Crippen molar-refractivity contribution in [3.63, 3.8) is 0 Å². The van der Waals surface area contributed by atoms with E-state index >= 15 is 0 Å². The minimum Gasteiger partial charge on any atom is -0.493 e. The first-order chi connectivity index (χ1) is 15.1. The second kappa shape index (κ2) is 9.33. The van der Waals surface area contributed by atoms with Gasteiger partial charge in [-0.3, -0.25) is 9.59 Å². The summed E-state index contributed by atoms with van der Waals surface area (Å²) in [5.74, 6) is 1.08. The van der Waals surface area contributed by atoms with E-state index in [4.69, 9.17) is 9.47 Å². The van der Waals surface area contributed by atoms with Crippen LogP contribution in [0.1, 0.15) is 55.9 Å². The number of fused-ring (bicyclic) bond motifs is 1. The first kappa shape index (κ1) is 23.8. The van der Waals surface area contributed by atoms with E-state index in [-0.39, 0.29) is 18.7 Å². The molecule has 1 aliphatic heterocycles. The van der Waals surface area contributed by atoms with Gasteiger partial charge < -0.3 is 19.5 Å². The molecular weight excluding hydrogens is 406 g/mol. The zero-order valence-corrected chi connectivity index (χ0v) is 19.8. The van der Waals surface area contributed by atoms with Crippen LogP contribution in [0.4, 0.5) is 5.69 Å². The first-order valence-electron chi connectivity index (χ1n) is 11.0. The van der Waals surface area contributed by atoms with Gasteiger partial charge in [-0.15, -0.1) is 0 Å². The number of ketones is 1. The summed E-state index contributed by atoms with van der Waals surface area (Å²) in [6.07, 6.45) is 0.697. The number of benzene rings is 2. The summed E-state index contributed by atoms with van der Waals surface area (Å²) in [5, 5.41) is 11.4. The Kier molecular flexibility index (Phi) is 6.94. The lowest BCUT2D eigenvalue weighted by Gasteiger charge is -2.23. The lowest BCUT2D eigenvalue weighted by Crippen LogP contribution is -2.41. The third kappa shape index (κ3) is 4.51. The van der Waals surface area contributed by atoms with Crippen LogP contribution in [0.2, 0.25) is 0 Å². The standard InChI is InChI=1S/C26H33NO5/c1-16(2)11-12-32-21-10-9-20(13-22(21)31-6)15-27-24-18(4)8-7-17(3)23(24)26(30,25(27)29)14-19(5)28/h7-10,13,16,30H,11-12,14-15H2,1-6H3. The molecule has 0 aromatic heterocycles. The van der Waals surface area contributed by atoms with Gasteiger partial charge in [-0.25, -0.2) is 0 Å². The molecule has 1 atom stereocenters.